The highest BCUT2D eigenvalue weighted by molar-refractivity contribution is 6.30. The molecule has 0 saturated heterocycles. The summed E-state index contributed by atoms with van der Waals surface area (Å²) in [5, 5.41) is 5.02. The second-order valence-corrected chi connectivity index (χ2v) is 5.88. The minimum atomic E-state index is -0.771. The molecule has 8 nitrogen and oxygen atoms in total. The average Bonchev–Trinajstić information content (AvgIpc) is 2.66. The number of benzene rings is 2. The van der Waals surface area contributed by atoms with Crippen LogP contribution in [-0.4, -0.2) is 37.7 Å². The van der Waals surface area contributed by atoms with Gasteiger partial charge in [-0.2, -0.15) is 0 Å². The number of anilines is 1. The van der Waals surface area contributed by atoms with Crippen molar-refractivity contribution < 1.29 is 28.6 Å². The van der Waals surface area contributed by atoms with E-state index >= 15 is 0 Å². The maximum Gasteiger partial charge on any atom is 0.338 e. The third kappa shape index (κ3) is 5.11. The van der Waals surface area contributed by atoms with Crippen molar-refractivity contribution in [1.82, 2.24) is 5.32 Å². The van der Waals surface area contributed by atoms with Crippen molar-refractivity contribution in [3.05, 3.63) is 53.1 Å². The zero-order valence-corrected chi connectivity index (χ0v) is 14.7. The minimum Gasteiger partial charge on any atom is -0.486 e. The number of halogens is 1. The third-order valence-corrected chi connectivity index (χ3v) is 3.72. The molecule has 0 atom stereocenters. The molecule has 0 radical (unpaired) electrons. The van der Waals surface area contributed by atoms with E-state index in [1.165, 1.54) is 24.3 Å². The van der Waals surface area contributed by atoms with Crippen LogP contribution in [0.2, 0.25) is 5.02 Å². The van der Waals surface area contributed by atoms with Crippen LogP contribution in [0, 0.1) is 0 Å². The Morgan fingerprint density at radius 2 is 1.70 bits per heavy atom. The molecule has 1 aliphatic rings. The summed E-state index contributed by atoms with van der Waals surface area (Å²) in [6.07, 6.45) is 0. The Labute approximate surface area is 159 Å². The number of rotatable bonds is 4. The summed E-state index contributed by atoms with van der Waals surface area (Å²) in [4.78, 5) is 35.4. The fourth-order valence-electron chi connectivity index (χ4n) is 2.25. The molecule has 9 heteroatoms. The predicted octanol–water partition coefficient (Wildman–Crippen LogP) is 2.62. The largest absolute Gasteiger partial charge is 0.486 e. The summed E-state index contributed by atoms with van der Waals surface area (Å²) in [5.41, 5.74) is 0.663. The van der Waals surface area contributed by atoms with E-state index in [2.05, 4.69) is 10.6 Å². The highest BCUT2D eigenvalue weighted by Crippen LogP contribution is 2.32. The first-order valence-corrected chi connectivity index (χ1v) is 8.32. The average molecular weight is 391 g/mol. The number of esters is 1. The Bertz CT molecular complexity index is 869. The van der Waals surface area contributed by atoms with Crippen LogP contribution < -0.4 is 20.1 Å². The molecule has 1 aliphatic heterocycles. The number of imide groups is 1. The Morgan fingerprint density at radius 3 is 2.44 bits per heavy atom. The zero-order valence-electron chi connectivity index (χ0n) is 14.0. The molecule has 3 amide bonds. The van der Waals surface area contributed by atoms with Crippen molar-refractivity contribution >= 4 is 35.2 Å². The molecule has 0 bridgehead atoms. The van der Waals surface area contributed by atoms with Gasteiger partial charge in [0.15, 0.2) is 18.1 Å². The fourth-order valence-corrected chi connectivity index (χ4v) is 2.37. The van der Waals surface area contributed by atoms with Crippen LogP contribution in [0.15, 0.2) is 42.5 Å². The number of hydrogen-bond acceptors (Lipinski definition) is 6. The molecule has 140 valence electrons. The first-order chi connectivity index (χ1) is 13.0. The summed E-state index contributed by atoms with van der Waals surface area (Å²) in [6.45, 7) is 0.277. The van der Waals surface area contributed by atoms with Gasteiger partial charge in [-0.15, -0.1) is 0 Å². The molecule has 3 rings (SSSR count). The smallest absolute Gasteiger partial charge is 0.338 e. The van der Waals surface area contributed by atoms with Crippen LogP contribution in [0.4, 0.5) is 10.5 Å². The van der Waals surface area contributed by atoms with Gasteiger partial charge in [0.2, 0.25) is 0 Å². The lowest BCUT2D eigenvalue weighted by atomic mass is 10.2. The predicted molar refractivity (Wildman–Crippen MR) is 96.3 cm³/mol. The topological polar surface area (TPSA) is 103 Å². The molecule has 0 aliphatic carbocycles. The molecular formula is C18H15ClN2O6. The van der Waals surface area contributed by atoms with E-state index in [0.717, 1.165) is 0 Å². The number of amides is 3. The first kappa shape index (κ1) is 18.5. The number of nitrogens with one attached hydrogen (secondary N) is 2. The quantitative estimate of drug-likeness (QED) is 0.778. The molecule has 0 aromatic heterocycles. The van der Waals surface area contributed by atoms with E-state index in [1.54, 1.807) is 18.2 Å². The monoisotopic (exact) mass is 390 g/mol. The van der Waals surface area contributed by atoms with Gasteiger partial charge in [-0.05, 0) is 36.4 Å². The number of ether oxygens (including phenoxy) is 3. The number of hydrogen-bond donors (Lipinski definition) is 2. The van der Waals surface area contributed by atoms with Crippen LogP contribution in [0.5, 0.6) is 11.5 Å². The van der Waals surface area contributed by atoms with Crippen LogP contribution in [0.1, 0.15) is 10.4 Å². The Morgan fingerprint density at radius 1 is 1.00 bits per heavy atom. The number of fused-ring (bicyclic) bond motifs is 1. The van der Waals surface area contributed by atoms with Crippen molar-refractivity contribution in [2.75, 3.05) is 25.1 Å². The molecule has 0 unspecified atom stereocenters. The van der Waals surface area contributed by atoms with Crippen LogP contribution >= 0.6 is 11.6 Å². The van der Waals surface area contributed by atoms with E-state index in [9.17, 15) is 14.4 Å². The van der Waals surface area contributed by atoms with Gasteiger partial charge in [0, 0.05) is 16.8 Å². The third-order valence-electron chi connectivity index (χ3n) is 3.47. The Kier molecular flexibility index (Phi) is 5.77. The maximum atomic E-state index is 11.9. The van der Waals surface area contributed by atoms with E-state index < -0.39 is 24.5 Å². The SMILES string of the molecule is O=C(COC(=O)c1ccc(Cl)cc1)NC(=O)Nc1ccc2c(c1)OCCO2. The van der Waals surface area contributed by atoms with Crippen molar-refractivity contribution in [2.24, 2.45) is 0 Å². The van der Waals surface area contributed by atoms with Gasteiger partial charge in [0.05, 0.1) is 5.56 Å². The molecule has 0 fully saturated rings. The summed E-state index contributed by atoms with van der Waals surface area (Å²) >= 11 is 5.73. The second kappa shape index (κ2) is 8.41. The Hall–Kier alpha value is -3.26. The lowest BCUT2D eigenvalue weighted by molar-refractivity contribution is -0.123. The standard InChI is InChI=1S/C18H15ClN2O6/c19-12-3-1-11(2-4-12)17(23)27-10-16(22)21-18(24)20-13-5-6-14-15(9-13)26-8-7-25-14/h1-6,9H,7-8,10H2,(H2,20,21,22,24). The fraction of sp³-hybridized carbons (Fsp3) is 0.167. The highest BCUT2D eigenvalue weighted by Gasteiger charge is 2.15. The first-order valence-electron chi connectivity index (χ1n) is 7.94. The molecule has 2 N–H and O–H groups in total. The molecule has 0 saturated carbocycles. The molecule has 0 spiro atoms. The van der Waals surface area contributed by atoms with Gasteiger partial charge >= 0.3 is 12.0 Å². The number of carbonyl (C=O) groups excluding carboxylic acids is 3. The summed E-state index contributed by atoms with van der Waals surface area (Å²) in [5.74, 6) is -0.388. The number of carbonyl (C=O) groups is 3. The van der Waals surface area contributed by atoms with Crippen molar-refractivity contribution in [3.63, 3.8) is 0 Å². The number of urea groups is 1. The highest BCUT2D eigenvalue weighted by atomic mass is 35.5. The molecule has 2 aromatic carbocycles. The van der Waals surface area contributed by atoms with Crippen molar-refractivity contribution in [2.45, 2.75) is 0 Å². The van der Waals surface area contributed by atoms with Crippen LogP contribution in [-0.2, 0) is 9.53 Å². The maximum absolute atomic E-state index is 11.9. The van der Waals surface area contributed by atoms with Gasteiger partial charge in [-0.1, -0.05) is 11.6 Å². The summed E-state index contributed by atoms with van der Waals surface area (Å²) < 4.78 is 15.6. The van der Waals surface area contributed by atoms with Gasteiger partial charge in [-0.25, -0.2) is 9.59 Å². The van der Waals surface area contributed by atoms with E-state index in [-0.39, 0.29) is 5.56 Å². The van der Waals surface area contributed by atoms with E-state index in [0.29, 0.717) is 35.4 Å². The van der Waals surface area contributed by atoms with Crippen LogP contribution in [0.25, 0.3) is 0 Å². The lowest BCUT2D eigenvalue weighted by Crippen LogP contribution is -2.37. The minimum absolute atomic E-state index is 0.243. The van der Waals surface area contributed by atoms with Gasteiger partial charge in [0.1, 0.15) is 13.2 Å². The normalized spacial score (nSPS) is 12.0. The lowest BCUT2D eigenvalue weighted by Gasteiger charge is -2.19. The van der Waals surface area contributed by atoms with Crippen LogP contribution in [0.3, 0.4) is 0 Å². The summed E-state index contributed by atoms with van der Waals surface area (Å²) in [6, 6.07) is 10.1. The van der Waals surface area contributed by atoms with Crippen molar-refractivity contribution in [1.29, 1.82) is 0 Å². The molecule has 1 heterocycles. The molecule has 27 heavy (non-hydrogen) atoms. The van der Waals surface area contributed by atoms with Crippen molar-refractivity contribution in [3.8, 4) is 11.5 Å². The molecule has 2 aromatic rings. The van der Waals surface area contributed by atoms with Gasteiger partial charge in [-0.3, -0.25) is 10.1 Å². The van der Waals surface area contributed by atoms with Gasteiger partial charge in [0.25, 0.3) is 5.91 Å². The Balaban J connectivity index is 1.47. The van der Waals surface area contributed by atoms with E-state index in [4.69, 9.17) is 25.8 Å². The van der Waals surface area contributed by atoms with Gasteiger partial charge < -0.3 is 19.5 Å². The van der Waals surface area contributed by atoms with E-state index in [1.807, 2.05) is 0 Å². The summed E-state index contributed by atoms with van der Waals surface area (Å²) in [7, 11) is 0. The second-order valence-electron chi connectivity index (χ2n) is 5.44. The zero-order chi connectivity index (χ0) is 19.2. The molecular weight excluding hydrogens is 376 g/mol.